The maximum atomic E-state index is 14.2. The molecular formula is C31H30O10. The molecule has 0 atom stereocenters. The van der Waals surface area contributed by atoms with Crippen molar-refractivity contribution < 1.29 is 47.9 Å². The molecule has 214 valence electrons. The number of carbonyl (C=O) groups excluding carboxylic acids is 1. The molecule has 1 aliphatic rings. The van der Waals surface area contributed by atoms with Crippen LogP contribution in [-0.4, -0.2) is 58.7 Å². The Morgan fingerprint density at radius 1 is 0.902 bits per heavy atom. The van der Waals surface area contributed by atoms with E-state index in [4.69, 9.17) is 33.2 Å². The van der Waals surface area contributed by atoms with Crippen LogP contribution in [0, 0.1) is 0 Å². The minimum absolute atomic E-state index is 0.0233. The molecule has 0 amide bonds. The molecule has 0 saturated carbocycles. The van der Waals surface area contributed by atoms with Crippen LogP contribution < -0.4 is 33.2 Å². The third-order valence-electron chi connectivity index (χ3n) is 6.33. The Bertz CT molecular complexity index is 1480. The second-order valence-electron chi connectivity index (χ2n) is 8.71. The number of carboxylic acid groups (broad SMARTS) is 1. The lowest BCUT2D eigenvalue weighted by molar-refractivity contribution is -0.130. The number of carbonyl (C=O) groups is 2. The number of ketones is 1. The van der Waals surface area contributed by atoms with Crippen LogP contribution in [0.25, 0.3) is 5.57 Å². The highest BCUT2D eigenvalue weighted by Crippen LogP contribution is 2.45. The number of ether oxygens (including phenoxy) is 7. The minimum atomic E-state index is -1.33. The van der Waals surface area contributed by atoms with Crippen LogP contribution in [0.1, 0.15) is 21.5 Å². The molecule has 4 rings (SSSR count). The first-order chi connectivity index (χ1) is 19.9. The molecule has 10 nitrogen and oxygen atoms in total. The van der Waals surface area contributed by atoms with Gasteiger partial charge in [-0.3, -0.25) is 4.79 Å². The number of fused-ring (bicyclic) bond motifs is 1. The van der Waals surface area contributed by atoms with Crippen molar-refractivity contribution in [2.45, 2.75) is 6.42 Å². The molecule has 41 heavy (non-hydrogen) atoms. The number of Topliss-reactive ketones (excluding diaryl/α,β-unsaturated/α-hetero) is 1. The van der Waals surface area contributed by atoms with Crippen molar-refractivity contribution in [3.05, 3.63) is 83.4 Å². The zero-order valence-electron chi connectivity index (χ0n) is 23.1. The Hall–Kier alpha value is -5.12. The third kappa shape index (κ3) is 5.91. The van der Waals surface area contributed by atoms with Crippen LogP contribution in [0.5, 0.6) is 40.2 Å². The molecule has 0 aromatic heterocycles. The number of allylic oxidation sites excluding steroid dienone is 1. The Morgan fingerprint density at radius 3 is 2.20 bits per heavy atom. The van der Waals surface area contributed by atoms with Crippen LogP contribution in [0.3, 0.4) is 0 Å². The molecule has 0 radical (unpaired) electrons. The second kappa shape index (κ2) is 12.8. The molecule has 0 aliphatic carbocycles. The molecule has 3 aromatic carbocycles. The SMILES string of the molecule is C=CCOc1cc(C(C(=O)O)=C(Cc2cc(OC)c(OC)c(OC)c2)C(=O)c2ccccc2OC)cc2c1OCO2. The van der Waals surface area contributed by atoms with Crippen molar-refractivity contribution in [2.24, 2.45) is 0 Å². The van der Waals surface area contributed by atoms with Crippen LogP contribution in [0.15, 0.2) is 66.8 Å². The molecule has 0 bridgehead atoms. The average molecular weight is 563 g/mol. The highest BCUT2D eigenvalue weighted by Gasteiger charge is 2.29. The molecule has 0 saturated heterocycles. The van der Waals surface area contributed by atoms with Gasteiger partial charge in [0.1, 0.15) is 12.4 Å². The number of para-hydroxylation sites is 1. The van der Waals surface area contributed by atoms with Gasteiger partial charge in [-0.2, -0.15) is 0 Å². The van der Waals surface area contributed by atoms with Crippen molar-refractivity contribution in [3.63, 3.8) is 0 Å². The standard InChI is InChI=1S/C31H30O10/c1-6-11-39-25-15-19(16-26-30(25)41-17-40-26)27(31(33)34)21(28(32)20-9-7-8-10-22(20)35-2)12-18-13-23(36-3)29(38-5)24(14-18)37-4/h6-10,13-16H,1,11-12,17H2,2-5H3,(H,33,34). The fourth-order valence-electron chi connectivity index (χ4n) is 4.52. The summed E-state index contributed by atoms with van der Waals surface area (Å²) in [5.74, 6) is 0.371. The van der Waals surface area contributed by atoms with Crippen molar-refractivity contribution in [1.82, 2.24) is 0 Å². The molecule has 3 aromatic rings. The molecular weight excluding hydrogens is 532 g/mol. The first-order valence-electron chi connectivity index (χ1n) is 12.5. The molecule has 0 fully saturated rings. The summed E-state index contributed by atoms with van der Waals surface area (Å²) < 4.78 is 38.6. The van der Waals surface area contributed by atoms with E-state index in [2.05, 4.69) is 6.58 Å². The van der Waals surface area contributed by atoms with Gasteiger partial charge in [0.15, 0.2) is 28.8 Å². The van der Waals surface area contributed by atoms with Crippen molar-refractivity contribution in [2.75, 3.05) is 41.8 Å². The topological polar surface area (TPSA) is 119 Å². The van der Waals surface area contributed by atoms with E-state index in [1.54, 1.807) is 42.5 Å². The third-order valence-corrected chi connectivity index (χ3v) is 6.33. The zero-order valence-corrected chi connectivity index (χ0v) is 23.1. The number of aliphatic carboxylic acids is 1. The van der Waals surface area contributed by atoms with Crippen LogP contribution >= 0.6 is 0 Å². The van der Waals surface area contributed by atoms with Gasteiger partial charge >= 0.3 is 5.97 Å². The predicted octanol–water partition coefficient (Wildman–Crippen LogP) is 4.98. The van der Waals surface area contributed by atoms with E-state index >= 15 is 0 Å². The van der Waals surface area contributed by atoms with E-state index in [9.17, 15) is 14.7 Å². The number of rotatable bonds is 13. The van der Waals surface area contributed by atoms with Gasteiger partial charge in [0.25, 0.3) is 0 Å². The Morgan fingerprint density at radius 2 is 1.59 bits per heavy atom. The summed E-state index contributed by atoms with van der Waals surface area (Å²) in [5.41, 5.74) is 0.646. The number of carboxylic acids is 1. The van der Waals surface area contributed by atoms with E-state index in [0.717, 1.165) is 0 Å². The van der Waals surface area contributed by atoms with Gasteiger partial charge in [0.2, 0.25) is 18.3 Å². The maximum Gasteiger partial charge on any atom is 0.336 e. The lowest BCUT2D eigenvalue weighted by Crippen LogP contribution is -2.15. The Kier molecular flexibility index (Phi) is 9.03. The monoisotopic (exact) mass is 562 g/mol. The molecule has 1 aliphatic heterocycles. The Balaban J connectivity index is 1.99. The summed E-state index contributed by atoms with van der Waals surface area (Å²) in [6.07, 6.45) is 1.44. The highest BCUT2D eigenvalue weighted by atomic mass is 16.7. The molecule has 0 unspecified atom stereocenters. The number of benzene rings is 3. The van der Waals surface area contributed by atoms with Crippen LogP contribution in [-0.2, 0) is 11.2 Å². The first-order valence-corrected chi connectivity index (χ1v) is 12.5. The van der Waals surface area contributed by atoms with Gasteiger partial charge in [-0.05, 0) is 47.5 Å². The Labute approximate surface area is 237 Å². The first kappa shape index (κ1) is 28.9. The molecule has 0 spiro atoms. The highest BCUT2D eigenvalue weighted by molar-refractivity contribution is 6.27. The zero-order chi connectivity index (χ0) is 29.5. The lowest BCUT2D eigenvalue weighted by Gasteiger charge is -2.18. The number of hydrogen-bond acceptors (Lipinski definition) is 9. The van der Waals surface area contributed by atoms with Gasteiger partial charge in [-0.15, -0.1) is 0 Å². The molecule has 1 N–H and O–H groups in total. The fraction of sp³-hybridized carbons (Fsp3) is 0.226. The van der Waals surface area contributed by atoms with Gasteiger partial charge < -0.3 is 38.3 Å². The summed E-state index contributed by atoms with van der Waals surface area (Å²) in [5, 5.41) is 10.6. The van der Waals surface area contributed by atoms with Gasteiger partial charge in [-0.25, -0.2) is 4.79 Å². The smallest absolute Gasteiger partial charge is 0.336 e. The van der Waals surface area contributed by atoms with E-state index in [0.29, 0.717) is 34.3 Å². The largest absolute Gasteiger partial charge is 0.496 e. The van der Waals surface area contributed by atoms with Crippen molar-refractivity contribution in [3.8, 4) is 40.2 Å². The quantitative estimate of drug-likeness (QED) is 0.174. The van der Waals surface area contributed by atoms with Crippen molar-refractivity contribution in [1.29, 1.82) is 0 Å². The van der Waals surface area contributed by atoms with E-state index in [1.807, 2.05) is 0 Å². The van der Waals surface area contributed by atoms with E-state index < -0.39 is 11.8 Å². The lowest BCUT2D eigenvalue weighted by atomic mass is 9.88. The summed E-state index contributed by atoms with van der Waals surface area (Å²) in [4.78, 5) is 27.1. The summed E-state index contributed by atoms with van der Waals surface area (Å²) >= 11 is 0. The van der Waals surface area contributed by atoms with Crippen LogP contribution in [0.2, 0.25) is 0 Å². The predicted molar refractivity (Wildman–Crippen MR) is 150 cm³/mol. The summed E-state index contributed by atoms with van der Waals surface area (Å²) in [6, 6.07) is 12.9. The average Bonchev–Trinajstić information content (AvgIpc) is 3.47. The molecule has 1 heterocycles. The second-order valence-corrected chi connectivity index (χ2v) is 8.71. The molecule has 10 heteroatoms. The summed E-state index contributed by atoms with van der Waals surface area (Å²) in [7, 11) is 5.86. The normalized spacial score (nSPS) is 12.2. The number of hydrogen-bond donors (Lipinski definition) is 1. The van der Waals surface area contributed by atoms with Crippen molar-refractivity contribution >= 4 is 17.3 Å². The maximum absolute atomic E-state index is 14.2. The van der Waals surface area contributed by atoms with Gasteiger partial charge in [0.05, 0.1) is 39.6 Å². The number of methoxy groups -OCH3 is 4. The minimum Gasteiger partial charge on any atom is -0.496 e. The fourth-order valence-corrected chi connectivity index (χ4v) is 4.52. The van der Waals surface area contributed by atoms with Crippen LogP contribution in [0.4, 0.5) is 0 Å². The van der Waals surface area contributed by atoms with Gasteiger partial charge in [-0.1, -0.05) is 24.8 Å². The summed E-state index contributed by atoms with van der Waals surface area (Å²) in [6.45, 7) is 3.74. The van der Waals surface area contributed by atoms with E-state index in [1.165, 1.54) is 40.6 Å². The van der Waals surface area contributed by atoms with Gasteiger partial charge in [0, 0.05) is 12.0 Å². The van der Waals surface area contributed by atoms with E-state index in [-0.39, 0.29) is 53.6 Å².